The van der Waals surface area contributed by atoms with Crippen molar-refractivity contribution in [2.24, 2.45) is 0 Å². The van der Waals surface area contributed by atoms with Crippen LogP contribution >= 0.6 is 12.2 Å². The summed E-state index contributed by atoms with van der Waals surface area (Å²) in [5, 5.41) is 12.6. The normalized spacial score (nSPS) is 16.3. The third-order valence-corrected chi connectivity index (χ3v) is 5.01. The smallest absolute Gasteiger partial charge is 0.254 e. The molecule has 1 atom stereocenters. The summed E-state index contributed by atoms with van der Waals surface area (Å²) >= 11 is 5.15. The maximum absolute atomic E-state index is 13.9. The Hall–Kier alpha value is -2.25. The van der Waals surface area contributed by atoms with Crippen molar-refractivity contribution in [3.63, 3.8) is 0 Å². The number of carbonyl (C=O) groups excluding carboxylic acids is 1. The predicted octanol–water partition coefficient (Wildman–Crippen LogP) is 3.34. The van der Waals surface area contributed by atoms with Crippen molar-refractivity contribution in [2.45, 2.75) is 31.9 Å². The molecule has 1 saturated heterocycles. The number of aromatic amines is 1. The lowest BCUT2D eigenvalue weighted by atomic mass is 10.0. The summed E-state index contributed by atoms with van der Waals surface area (Å²) in [6.45, 7) is 3.22. The van der Waals surface area contributed by atoms with Gasteiger partial charge < -0.3 is 20.3 Å². The Kier molecular flexibility index (Phi) is 5.68. The average Bonchev–Trinajstić information content (AvgIpc) is 2.62. The minimum absolute atomic E-state index is 0.285. The highest BCUT2D eigenvalue weighted by molar-refractivity contribution is 7.71. The van der Waals surface area contributed by atoms with Gasteiger partial charge in [0.05, 0.1) is 17.7 Å². The highest BCUT2D eigenvalue weighted by Crippen LogP contribution is 2.30. The second-order valence-electron chi connectivity index (χ2n) is 6.53. The standard InChI is InChI=1S/C19H22FN3O2S/c1-12(22-18(25)15-3-2-8-21-19(15)26)16-11-13(20)4-5-17(16)23-9-6-14(24)7-10-23/h2-5,8,11-12,14,24H,6-7,9-10H2,1H3,(H,21,26)(H,22,25)/t12-/m1/s1. The van der Waals surface area contributed by atoms with Crippen LogP contribution in [0.3, 0.4) is 0 Å². The SMILES string of the molecule is C[C@@H](NC(=O)c1ccc[nH]c1=S)c1cc(F)ccc1N1CCC(O)CC1. The second kappa shape index (κ2) is 7.97. The fourth-order valence-corrected chi connectivity index (χ4v) is 3.45. The van der Waals surface area contributed by atoms with Crippen LogP contribution in [0.1, 0.15) is 41.7 Å². The number of aliphatic hydroxyl groups is 1. The Labute approximate surface area is 156 Å². The summed E-state index contributed by atoms with van der Waals surface area (Å²) in [7, 11) is 0. The monoisotopic (exact) mass is 375 g/mol. The van der Waals surface area contributed by atoms with Gasteiger partial charge in [-0.2, -0.15) is 0 Å². The first-order valence-electron chi connectivity index (χ1n) is 8.66. The molecule has 3 N–H and O–H groups in total. The van der Waals surface area contributed by atoms with Crippen molar-refractivity contribution in [3.05, 3.63) is 58.1 Å². The molecule has 0 bridgehead atoms. The van der Waals surface area contributed by atoms with Crippen molar-refractivity contribution in [1.29, 1.82) is 0 Å². The Morgan fingerprint density at radius 3 is 2.81 bits per heavy atom. The molecule has 1 fully saturated rings. The summed E-state index contributed by atoms with van der Waals surface area (Å²) in [6, 6.07) is 7.58. The molecule has 2 aromatic rings. The molecule has 3 rings (SSSR count). The van der Waals surface area contributed by atoms with Crippen LogP contribution in [0.15, 0.2) is 36.5 Å². The average molecular weight is 375 g/mol. The first-order chi connectivity index (χ1) is 12.5. The Morgan fingerprint density at radius 1 is 1.38 bits per heavy atom. The molecule has 1 aromatic heterocycles. The van der Waals surface area contributed by atoms with E-state index in [1.54, 1.807) is 24.4 Å². The molecule has 1 aliphatic rings. The number of nitrogens with one attached hydrogen (secondary N) is 2. The van der Waals surface area contributed by atoms with E-state index in [1.165, 1.54) is 12.1 Å². The molecule has 0 saturated carbocycles. The molecular weight excluding hydrogens is 353 g/mol. The van der Waals surface area contributed by atoms with E-state index in [2.05, 4.69) is 15.2 Å². The Morgan fingerprint density at radius 2 is 2.12 bits per heavy atom. The zero-order valence-corrected chi connectivity index (χ0v) is 15.4. The summed E-state index contributed by atoms with van der Waals surface area (Å²) in [4.78, 5) is 17.5. The van der Waals surface area contributed by atoms with E-state index in [4.69, 9.17) is 12.2 Å². The van der Waals surface area contributed by atoms with Gasteiger partial charge in [0.25, 0.3) is 5.91 Å². The van der Waals surface area contributed by atoms with Crippen LogP contribution in [0.5, 0.6) is 0 Å². The zero-order chi connectivity index (χ0) is 18.7. The van der Waals surface area contributed by atoms with Crippen molar-refractivity contribution >= 4 is 23.8 Å². The van der Waals surface area contributed by atoms with Gasteiger partial charge in [0.15, 0.2) is 0 Å². The molecule has 0 spiro atoms. The van der Waals surface area contributed by atoms with Crippen LogP contribution < -0.4 is 10.2 Å². The molecular formula is C19H22FN3O2S. The number of nitrogens with zero attached hydrogens (tertiary/aromatic N) is 1. The quantitative estimate of drug-likeness (QED) is 0.717. The van der Waals surface area contributed by atoms with Gasteiger partial charge >= 0.3 is 0 Å². The van der Waals surface area contributed by atoms with E-state index >= 15 is 0 Å². The Bertz CT molecular complexity index is 847. The Balaban J connectivity index is 1.83. The van der Waals surface area contributed by atoms with E-state index in [0.717, 1.165) is 5.69 Å². The van der Waals surface area contributed by atoms with Crippen molar-refractivity contribution in [3.8, 4) is 0 Å². The van der Waals surface area contributed by atoms with Crippen LogP contribution in [0, 0.1) is 10.5 Å². The fraction of sp³-hybridized carbons (Fsp3) is 0.368. The lowest BCUT2D eigenvalue weighted by molar-refractivity contribution is 0.0939. The molecule has 138 valence electrons. The van der Waals surface area contributed by atoms with Crippen molar-refractivity contribution < 1.29 is 14.3 Å². The number of pyridine rings is 1. The molecule has 0 radical (unpaired) electrons. The van der Waals surface area contributed by atoms with Gasteiger partial charge in [0.1, 0.15) is 10.5 Å². The molecule has 26 heavy (non-hydrogen) atoms. The van der Waals surface area contributed by atoms with E-state index < -0.39 is 6.04 Å². The van der Waals surface area contributed by atoms with Gasteiger partial charge in [-0.25, -0.2) is 4.39 Å². The van der Waals surface area contributed by atoms with Crippen molar-refractivity contribution in [2.75, 3.05) is 18.0 Å². The minimum atomic E-state index is -0.394. The van der Waals surface area contributed by atoms with Gasteiger partial charge in [-0.05, 0) is 50.1 Å². The summed E-state index contributed by atoms with van der Waals surface area (Å²) in [6.07, 6.45) is 2.73. The van der Waals surface area contributed by atoms with Crippen LogP contribution in [0.25, 0.3) is 0 Å². The number of benzene rings is 1. The van der Waals surface area contributed by atoms with Gasteiger partial charge in [-0.1, -0.05) is 12.2 Å². The van der Waals surface area contributed by atoms with Crippen LogP contribution in [0.2, 0.25) is 0 Å². The summed E-state index contributed by atoms with van der Waals surface area (Å²) < 4.78 is 14.2. The number of hydrogen-bond acceptors (Lipinski definition) is 4. The number of piperidine rings is 1. The van der Waals surface area contributed by atoms with Gasteiger partial charge in [-0.3, -0.25) is 4.79 Å². The number of anilines is 1. The van der Waals surface area contributed by atoms with Gasteiger partial charge in [-0.15, -0.1) is 0 Å². The highest BCUT2D eigenvalue weighted by Gasteiger charge is 2.23. The number of hydrogen-bond donors (Lipinski definition) is 3. The van der Waals surface area contributed by atoms with Crippen LogP contribution in [0.4, 0.5) is 10.1 Å². The molecule has 1 aromatic carbocycles. The number of aromatic nitrogens is 1. The largest absolute Gasteiger partial charge is 0.393 e. The molecule has 0 unspecified atom stereocenters. The van der Waals surface area contributed by atoms with Crippen LogP contribution in [-0.4, -0.2) is 35.2 Å². The first kappa shape index (κ1) is 18.5. The summed E-state index contributed by atoms with van der Waals surface area (Å²) in [5.41, 5.74) is 1.97. The van der Waals surface area contributed by atoms with Gasteiger partial charge in [0.2, 0.25) is 0 Å². The third-order valence-electron chi connectivity index (χ3n) is 4.67. The maximum atomic E-state index is 13.9. The summed E-state index contributed by atoms with van der Waals surface area (Å²) in [5.74, 6) is -0.650. The van der Waals surface area contributed by atoms with E-state index in [-0.39, 0.29) is 17.8 Å². The van der Waals surface area contributed by atoms with E-state index in [0.29, 0.717) is 41.7 Å². The first-order valence-corrected chi connectivity index (χ1v) is 9.07. The molecule has 1 amide bonds. The second-order valence-corrected chi connectivity index (χ2v) is 6.94. The maximum Gasteiger partial charge on any atom is 0.254 e. The van der Waals surface area contributed by atoms with E-state index in [9.17, 15) is 14.3 Å². The fourth-order valence-electron chi connectivity index (χ4n) is 3.22. The molecule has 2 heterocycles. The minimum Gasteiger partial charge on any atom is -0.393 e. The molecule has 0 aliphatic carbocycles. The number of amides is 1. The van der Waals surface area contributed by atoms with E-state index in [1.807, 2.05) is 6.92 Å². The van der Waals surface area contributed by atoms with Gasteiger partial charge in [0, 0.05) is 30.5 Å². The van der Waals surface area contributed by atoms with Crippen LogP contribution in [-0.2, 0) is 0 Å². The number of rotatable bonds is 4. The molecule has 1 aliphatic heterocycles. The number of H-pyrrole nitrogens is 1. The predicted molar refractivity (Wildman–Crippen MR) is 101 cm³/mol. The number of carbonyl (C=O) groups is 1. The zero-order valence-electron chi connectivity index (χ0n) is 14.5. The lowest BCUT2D eigenvalue weighted by Gasteiger charge is -2.34. The molecule has 5 nitrogen and oxygen atoms in total. The molecule has 7 heteroatoms. The number of aliphatic hydroxyl groups excluding tert-OH is 1. The highest BCUT2D eigenvalue weighted by atomic mass is 32.1. The lowest BCUT2D eigenvalue weighted by Crippen LogP contribution is -2.37. The van der Waals surface area contributed by atoms with Crippen molar-refractivity contribution in [1.82, 2.24) is 10.3 Å². The third kappa shape index (κ3) is 4.11. The number of halogens is 1. The topological polar surface area (TPSA) is 68.4 Å².